The van der Waals surface area contributed by atoms with E-state index in [0.717, 1.165) is 0 Å². The second-order valence-corrected chi connectivity index (χ2v) is 4.74. The van der Waals surface area contributed by atoms with Crippen molar-refractivity contribution in [2.75, 3.05) is 17.8 Å². The second-order valence-electron chi connectivity index (χ2n) is 3.15. The fourth-order valence-corrected chi connectivity index (χ4v) is 1.20. The number of ether oxygens (including phenoxy) is 1. The number of halogens is 2. The molecule has 0 saturated carbocycles. The maximum atomic E-state index is 11.2. The van der Waals surface area contributed by atoms with Crippen LogP contribution in [0.3, 0.4) is 0 Å². The smallest absolute Gasteiger partial charge is 0.822 e. The minimum absolute atomic E-state index is 0. The summed E-state index contributed by atoms with van der Waals surface area (Å²) in [6.45, 7) is 0.0130. The quantitative estimate of drug-likeness (QED) is 0.142. The molecule has 0 aromatic heterocycles. The Balaban J connectivity index is -0.0000000133. The molecule has 19 nitrogen and oxygen atoms in total. The van der Waals surface area contributed by atoms with E-state index < -0.39 is 13.9 Å². The Hall–Kier alpha value is 1.26. The van der Waals surface area contributed by atoms with Gasteiger partial charge < -0.3 is 89.7 Å². The molecule has 25 heteroatoms. The maximum absolute atomic E-state index is 11.2. The second kappa shape index (κ2) is 65.4. The maximum Gasteiger partial charge on any atom is 1.00 e. The Morgan fingerprint density at radius 1 is 0.833 bits per heavy atom. The Kier molecular flexibility index (Phi) is 197. The molecular formula is C11H33Cl2NNa3O18P. The number of benzene rings is 1. The van der Waals surface area contributed by atoms with Crippen LogP contribution >= 0.6 is 31.0 Å². The van der Waals surface area contributed by atoms with Crippen molar-refractivity contribution in [2.45, 2.75) is 0 Å². The summed E-state index contributed by atoms with van der Waals surface area (Å²) in [6.07, 6.45) is -0.578. The van der Waals surface area contributed by atoms with Gasteiger partial charge in [-0.2, -0.15) is 7.82 Å². The number of hydrogen-bond donors (Lipinski definition) is 1. The molecule has 1 aromatic carbocycles. The zero-order chi connectivity index (χ0) is 16.3. The van der Waals surface area contributed by atoms with Crippen LogP contribution in [0.4, 0.5) is 10.5 Å². The van der Waals surface area contributed by atoms with Crippen molar-refractivity contribution in [1.29, 1.82) is 0 Å². The third-order valence-electron chi connectivity index (χ3n) is 1.54. The van der Waals surface area contributed by atoms with Crippen LogP contribution in [0.25, 0.3) is 0 Å². The predicted octanol–water partition coefficient (Wildman–Crippen LogP) is -18.6. The van der Waals surface area contributed by atoms with E-state index in [2.05, 4.69) is 17.2 Å². The third-order valence-corrected chi connectivity index (χ3v) is 1.91. The van der Waals surface area contributed by atoms with Gasteiger partial charge in [0.2, 0.25) is 0 Å². The first-order valence-corrected chi connectivity index (χ1v) is 7.54. The summed E-state index contributed by atoms with van der Waals surface area (Å²) in [4.78, 5) is 36.9. The van der Waals surface area contributed by atoms with Gasteiger partial charge in [0, 0.05) is 10.7 Å². The number of alkyl halides is 1. The van der Waals surface area contributed by atoms with Gasteiger partial charge in [-0.05, 0) is 18.2 Å². The SMILES string of the molecule is O.O.O.O.O.O.O.O.O.O.O.O.O=C(Nc1cccc(Cl)c1)OCC#CCCl.O=P([O-])([O-])[O-].[Na+].[Na+].[Na+]. The minimum atomic E-state index is -5.39. The van der Waals surface area contributed by atoms with Crippen molar-refractivity contribution in [1.82, 2.24) is 0 Å². The molecule has 1 rings (SSSR count). The molecule has 36 heavy (non-hydrogen) atoms. The zero-order valence-electron chi connectivity index (χ0n) is 19.4. The summed E-state index contributed by atoms with van der Waals surface area (Å²) < 4.78 is 13.3. The van der Waals surface area contributed by atoms with Crippen LogP contribution in [0.15, 0.2) is 24.3 Å². The van der Waals surface area contributed by atoms with Crippen LogP contribution in [-0.4, -0.2) is 84.3 Å². The Morgan fingerprint density at radius 2 is 1.19 bits per heavy atom. The molecular weight excluding hydrogens is 605 g/mol. The molecule has 0 heterocycles. The summed E-state index contributed by atoms with van der Waals surface area (Å²) in [6, 6.07) is 6.76. The molecule has 0 aliphatic rings. The molecule has 0 spiro atoms. The summed E-state index contributed by atoms with van der Waals surface area (Å²) in [7, 11) is -5.39. The van der Waals surface area contributed by atoms with E-state index in [-0.39, 0.29) is 167 Å². The molecule has 0 fully saturated rings. The molecule has 0 bridgehead atoms. The van der Waals surface area contributed by atoms with E-state index in [9.17, 15) is 4.79 Å². The van der Waals surface area contributed by atoms with Gasteiger partial charge in [0.25, 0.3) is 0 Å². The number of phosphoric acid groups is 1. The zero-order valence-corrected chi connectivity index (χ0v) is 27.8. The van der Waals surface area contributed by atoms with E-state index >= 15 is 0 Å². The molecule has 1 amide bonds. The summed E-state index contributed by atoms with van der Waals surface area (Å²) in [5, 5.41) is 3.05. The molecule has 0 unspecified atom stereocenters. The molecule has 0 radical (unpaired) electrons. The molecule has 0 aliphatic carbocycles. The van der Waals surface area contributed by atoms with Crippen LogP contribution in [0.1, 0.15) is 0 Å². The summed E-state index contributed by atoms with van der Waals surface area (Å²) in [5.41, 5.74) is 0.572. The number of hydrogen-bond acceptors (Lipinski definition) is 6. The Bertz CT molecular complexity index is 587. The number of amides is 1. The first-order valence-electron chi connectivity index (χ1n) is 5.16. The van der Waals surface area contributed by atoms with E-state index in [1.807, 2.05) is 0 Å². The topological polar surface area (TPSA) is 503 Å². The number of carbonyl (C=O) groups is 1. The molecule has 0 aliphatic heterocycles. The van der Waals surface area contributed by atoms with E-state index in [1.165, 1.54) is 0 Å². The van der Waals surface area contributed by atoms with Crippen LogP contribution < -0.4 is 109 Å². The molecule has 212 valence electrons. The van der Waals surface area contributed by atoms with Crippen molar-refractivity contribution < 1.29 is 183 Å². The van der Waals surface area contributed by atoms with Gasteiger partial charge >= 0.3 is 94.8 Å². The van der Waals surface area contributed by atoms with Gasteiger partial charge in [0.05, 0.1) is 5.88 Å². The number of carbonyl (C=O) groups excluding carboxylic acids is 1. The monoisotopic (exact) mass is 637 g/mol. The minimum Gasteiger partial charge on any atom is -0.822 e. The fourth-order valence-electron chi connectivity index (χ4n) is 0.920. The van der Waals surface area contributed by atoms with Crippen LogP contribution in [0.5, 0.6) is 0 Å². The van der Waals surface area contributed by atoms with Gasteiger partial charge in [-0.25, -0.2) is 4.79 Å². The van der Waals surface area contributed by atoms with Crippen molar-refractivity contribution in [3.63, 3.8) is 0 Å². The standard InChI is InChI=1S/C11H9Cl2NO2.3Na.H3O4P.12H2O/c12-6-1-2-7-16-11(15)14-10-5-3-4-9(13)8-10;;;;1-5(2,3)4;;;;;;;;;;;;/h3-5,8H,6-7H2,(H,14,15);;;;(H3,1,2,3,4);12*1H2/q;3*+1;;;;;;;;;;;;;/p-3. The van der Waals surface area contributed by atoms with Gasteiger partial charge in [0.1, 0.15) is 0 Å². The van der Waals surface area contributed by atoms with E-state index in [1.54, 1.807) is 24.3 Å². The average molecular weight is 638 g/mol. The normalized spacial score (nSPS) is 5.58. The first kappa shape index (κ1) is 108. The van der Waals surface area contributed by atoms with Crippen molar-refractivity contribution in [3.8, 4) is 11.8 Å². The van der Waals surface area contributed by atoms with Gasteiger partial charge in [-0.3, -0.25) is 5.32 Å². The summed E-state index contributed by atoms with van der Waals surface area (Å²) in [5.74, 6) is 5.36. The number of rotatable bonds is 2. The van der Waals surface area contributed by atoms with Gasteiger partial charge in [-0.15, -0.1) is 11.6 Å². The van der Waals surface area contributed by atoms with Crippen LogP contribution in [0.2, 0.25) is 5.02 Å². The third kappa shape index (κ3) is 91.6. The predicted molar refractivity (Wildman–Crippen MR) is 116 cm³/mol. The fraction of sp³-hybridized carbons (Fsp3) is 0.182. The number of nitrogens with one attached hydrogen (secondary N) is 1. The van der Waals surface area contributed by atoms with E-state index in [0.29, 0.717) is 10.7 Å². The van der Waals surface area contributed by atoms with Gasteiger partial charge in [0.15, 0.2) is 6.61 Å². The Labute approximate surface area is 282 Å². The van der Waals surface area contributed by atoms with Crippen molar-refractivity contribution in [2.24, 2.45) is 0 Å². The average Bonchev–Trinajstić information content (AvgIpc) is 2.32. The largest absolute Gasteiger partial charge is 1.00 e. The first-order chi connectivity index (χ1) is 9.72. The van der Waals surface area contributed by atoms with Gasteiger partial charge in [-0.1, -0.05) is 29.5 Å². The van der Waals surface area contributed by atoms with E-state index in [4.69, 9.17) is 47.2 Å². The Morgan fingerprint density at radius 3 is 1.50 bits per heavy atom. The summed E-state index contributed by atoms with van der Waals surface area (Å²) >= 11 is 11.1. The number of anilines is 1. The van der Waals surface area contributed by atoms with Crippen LogP contribution in [-0.2, 0) is 9.30 Å². The molecule has 1 aromatic rings. The van der Waals surface area contributed by atoms with Crippen molar-refractivity contribution >= 4 is 42.8 Å². The van der Waals surface area contributed by atoms with Crippen molar-refractivity contribution in [3.05, 3.63) is 29.3 Å². The molecule has 0 saturated heterocycles. The molecule has 0 atom stereocenters. The van der Waals surface area contributed by atoms with Crippen LogP contribution in [0, 0.1) is 11.8 Å². The molecule has 25 N–H and O–H groups in total.